The lowest BCUT2D eigenvalue weighted by Crippen LogP contribution is -2.25. The SMILES string of the molecule is CCOc1ccccc1C(C)(O)Cc1ccc(F)cc1. The molecule has 106 valence electrons. The van der Waals surface area contributed by atoms with Crippen molar-refractivity contribution in [1.82, 2.24) is 0 Å². The third-order valence-electron chi connectivity index (χ3n) is 3.23. The van der Waals surface area contributed by atoms with Crippen molar-refractivity contribution in [1.29, 1.82) is 0 Å². The number of halogens is 1. The molecule has 0 fully saturated rings. The predicted molar refractivity (Wildman–Crippen MR) is 77.3 cm³/mol. The number of hydrogen-bond acceptors (Lipinski definition) is 2. The summed E-state index contributed by atoms with van der Waals surface area (Å²) in [4.78, 5) is 0. The van der Waals surface area contributed by atoms with Gasteiger partial charge in [0.1, 0.15) is 11.6 Å². The molecule has 0 aliphatic heterocycles. The highest BCUT2D eigenvalue weighted by Crippen LogP contribution is 2.32. The van der Waals surface area contributed by atoms with E-state index in [0.29, 0.717) is 18.8 Å². The van der Waals surface area contributed by atoms with Crippen LogP contribution in [0, 0.1) is 5.82 Å². The average Bonchev–Trinajstić information content (AvgIpc) is 2.42. The molecular formula is C17H19FO2. The fraction of sp³-hybridized carbons (Fsp3) is 0.294. The van der Waals surface area contributed by atoms with Gasteiger partial charge < -0.3 is 9.84 Å². The zero-order valence-electron chi connectivity index (χ0n) is 11.8. The summed E-state index contributed by atoms with van der Waals surface area (Å²) in [6.07, 6.45) is 0.400. The van der Waals surface area contributed by atoms with Crippen LogP contribution in [-0.2, 0) is 12.0 Å². The Kier molecular flexibility index (Phi) is 4.40. The summed E-state index contributed by atoms with van der Waals surface area (Å²) in [5.74, 6) is 0.408. The van der Waals surface area contributed by atoms with Crippen LogP contribution < -0.4 is 4.74 Å². The van der Waals surface area contributed by atoms with E-state index in [-0.39, 0.29) is 5.82 Å². The van der Waals surface area contributed by atoms with Crippen molar-refractivity contribution in [3.63, 3.8) is 0 Å². The first-order valence-electron chi connectivity index (χ1n) is 6.72. The van der Waals surface area contributed by atoms with Gasteiger partial charge in [0.05, 0.1) is 12.2 Å². The largest absolute Gasteiger partial charge is 0.493 e. The molecule has 0 bridgehead atoms. The molecule has 20 heavy (non-hydrogen) atoms. The summed E-state index contributed by atoms with van der Waals surface area (Å²) in [5.41, 5.74) is 0.553. The molecular weight excluding hydrogens is 255 g/mol. The van der Waals surface area contributed by atoms with Gasteiger partial charge in [-0.05, 0) is 37.6 Å². The first kappa shape index (κ1) is 14.5. The van der Waals surface area contributed by atoms with Crippen molar-refractivity contribution in [2.45, 2.75) is 25.9 Å². The molecule has 2 nitrogen and oxygen atoms in total. The number of hydrogen-bond donors (Lipinski definition) is 1. The van der Waals surface area contributed by atoms with Crippen molar-refractivity contribution in [3.05, 3.63) is 65.5 Å². The van der Waals surface area contributed by atoms with Crippen LogP contribution in [0.3, 0.4) is 0 Å². The van der Waals surface area contributed by atoms with Gasteiger partial charge in [-0.2, -0.15) is 0 Å². The second-order valence-electron chi connectivity index (χ2n) is 5.01. The van der Waals surface area contributed by atoms with Crippen LogP contribution in [0.1, 0.15) is 25.0 Å². The zero-order valence-corrected chi connectivity index (χ0v) is 11.8. The van der Waals surface area contributed by atoms with E-state index in [9.17, 15) is 9.50 Å². The van der Waals surface area contributed by atoms with E-state index in [0.717, 1.165) is 11.1 Å². The van der Waals surface area contributed by atoms with Crippen molar-refractivity contribution in [2.75, 3.05) is 6.61 Å². The van der Waals surface area contributed by atoms with E-state index in [4.69, 9.17) is 4.74 Å². The van der Waals surface area contributed by atoms with E-state index in [2.05, 4.69) is 0 Å². The number of aliphatic hydroxyl groups is 1. The molecule has 0 amide bonds. The molecule has 0 heterocycles. The second-order valence-corrected chi connectivity index (χ2v) is 5.01. The molecule has 0 aliphatic rings. The van der Waals surface area contributed by atoms with Crippen LogP contribution in [0.4, 0.5) is 4.39 Å². The van der Waals surface area contributed by atoms with Gasteiger partial charge >= 0.3 is 0 Å². The minimum atomic E-state index is -1.07. The average molecular weight is 274 g/mol. The van der Waals surface area contributed by atoms with Gasteiger partial charge in [-0.25, -0.2) is 4.39 Å². The summed E-state index contributed by atoms with van der Waals surface area (Å²) in [5, 5.41) is 10.7. The van der Waals surface area contributed by atoms with Gasteiger partial charge in [0.15, 0.2) is 0 Å². The molecule has 0 saturated heterocycles. The van der Waals surface area contributed by atoms with E-state index in [1.54, 1.807) is 19.1 Å². The highest BCUT2D eigenvalue weighted by Gasteiger charge is 2.27. The Labute approximate surface area is 118 Å². The molecule has 0 saturated carbocycles. The van der Waals surface area contributed by atoms with Crippen LogP contribution >= 0.6 is 0 Å². The van der Waals surface area contributed by atoms with E-state index < -0.39 is 5.60 Å². The summed E-state index contributed by atoms with van der Waals surface area (Å²) in [6, 6.07) is 13.6. The van der Waals surface area contributed by atoms with Crippen LogP contribution in [-0.4, -0.2) is 11.7 Å². The van der Waals surface area contributed by atoms with Crippen LogP contribution in [0.5, 0.6) is 5.75 Å². The Morgan fingerprint density at radius 1 is 1.10 bits per heavy atom. The van der Waals surface area contributed by atoms with Gasteiger partial charge in [-0.3, -0.25) is 0 Å². The van der Waals surface area contributed by atoms with Crippen molar-refractivity contribution < 1.29 is 14.2 Å². The van der Waals surface area contributed by atoms with Gasteiger partial charge in [0.2, 0.25) is 0 Å². The Morgan fingerprint density at radius 3 is 2.40 bits per heavy atom. The molecule has 0 radical (unpaired) electrons. The van der Waals surface area contributed by atoms with Gasteiger partial charge in [-0.1, -0.05) is 30.3 Å². The van der Waals surface area contributed by atoms with E-state index >= 15 is 0 Å². The number of benzene rings is 2. The lowest BCUT2D eigenvalue weighted by atomic mass is 9.88. The van der Waals surface area contributed by atoms with Crippen LogP contribution in [0.25, 0.3) is 0 Å². The first-order valence-corrected chi connectivity index (χ1v) is 6.72. The van der Waals surface area contributed by atoms with Crippen LogP contribution in [0.2, 0.25) is 0 Å². The summed E-state index contributed by atoms with van der Waals surface area (Å²) >= 11 is 0. The fourth-order valence-corrected chi connectivity index (χ4v) is 2.29. The quantitative estimate of drug-likeness (QED) is 0.901. The molecule has 3 heteroatoms. The summed E-state index contributed by atoms with van der Waals surface area (Å²) in [6.45, 7) is 4.20. The summed E-state index contributed by atoms with van der Waals surface area (Å²) in [7, 11) is 0. The van der Waals surface area contributed by atoms with Crippen molar-refractivity contribution in [2.24, 2.45) is 0 Å². The molecule has 1 atom stereocenters. The maximum Gasteiger partial charge on any atom is 0.125 e. The lowest BCUT2D eigenvalue weighted by molar-refractivity contribution is 0.0543. The predicted octanol–water partition coefficient (Wildman–Crippen LogP) is 3.67. The van der Waals surface area contributed by atoms with Crippen molar-refractivity contribution in [3.8, 4) is 5.75 Å². The molecule has 2 aromatic rings. The lowest BCUT2D eigenvalue weighted by Gasteiger charge is -2.26. The van der Waals surface area contributed by atoms with E-state index in [1.807, 2.05) is 31.2 Å². The Bertz CT molecular complexity index is 561. The Hall–Kier alpha value is -1.87. The number of ether oxygens (including phenoxy) is 1. The molecule has 0 spiro atoms. The van der Waals surface area contributed by atoms with Crippen LogP contribution in [0.15, 0.2) is 48.5 Å². The summed E-state index contributed by atoms with van der Waals surface area (Å²) < 4.78 is 18.5. The smallest absolute Gasteiger partial charge is 0.125 e. The molecule has 2 aromatic carbocycles. The Balaban J connectivity index is 2.27. The molecule has 1 unspecified atom stereocenters. The van der Waals surface area contributed by atoms with Gasteiger partial charge in [0, 0.05) is 12.0 Å². The topological polar surface area (TPSA) is 29.5 Å². The third-order valence-corrected chi connectivity index (χ3v) is 3.23. The molecule has 0 aromatic heterocycles. The Morgan fingerprint density at radius 2 is 1.75 bits per heavy atom. The maximum atomic E-state index is 12.9. The fourth-order valence-electron chi connectivity index (χ4n) is 2.29. The number of para-hydroxylation sites is 1. The zero-order chi connectivity index (χ0) is 14.6. The maximum absolute atomic E-state index is 12.9. The minimum Gasteiger partial charge on any atom is -0.493 e. The first-order chi connectivity index (χ1) is 9.53. The third kappa shape index (κ3) is 3.36. The minimum absolute atomic E-state index is 0.275. The monoisotopic (exact) mass is 274 g/mol. The second kappa shape index (κ2) is 6.06. The highest BCUT2D eigenvalue weighted by molar-refractivity contribution is 5.38. The number of rotatable bonds is 5. The highest BCUT2D eigenvalue weighted by atomic mass is 19.1. The standard InChI is InChI=1S/C17H19FO2/c1-3-20-16-7-5-4-6-15(16)17(2,19)12-13-8-10-14(18)11-9-13/h4-11,19H,3,12H2,1-2H3. The molecule has 2 rings (SSSR count). The van der Waals surface area contributed by atoms with Gasteiger partial charge in [0.25, 0.3) is 0 Å². The van der Waals surface area contributed by atoms with E-state index in [1.165, 1.54) is 12.1 Å². The molecule has 0 aliphatic carbocycles. The molecule has 1 N–H and O–H groups in total. The van der Waals surface area contributed by atoms with Crippen molar-refractivity contribution >= 4 is 0 Å². The van der Waals surface area contributed by atoms with Gasteiger partial charge in [-0.15, -0.1) is 0 Å². The normalized spacial score (nSPS) is 13.8.